The normalized spacial score (nSPS) is 19.4. The lowest BCUT2D eigenvalue weighted by Crippen LogP contribution is -2.21. The van der Waals surface area contributed by atoms with E-state index in [-0.39, 0.29) is 5.41 Å². The molecule has 0 spiro atoms. The summed E-state index contributed by atoms with van der Waals surface area (Å²) in [5.74, 6) is 0.947. The number of hydrogen-bond donors (Lipinski definition) is 0. The van der Waals surface area contributed by atoms with Crippen LogP contribution in [0.3, 0.4) is 0 Å². The summed E-state index contributed by atoms with van der Waals surface area (Å²) in [4.78, 5) is 0. The van der Waals surface area contributed by atoms with Gasteiger partial charge in [0.1, 0.15) is 5.15 Å². The monoisotopic (exact) mass is 236 g/mol. The zero-order chi connectivity index (χ0) is 11.2. The van der Waals surface area contributed by atoms with Gasteiger partial charge in [0.15, 0.2) is 11.5 Å². The average molecular weight is 237 g/mol. The molecule has 5 heteroatoms. The zero-order valence-corrected chi connectivity index (χ0v) is 9.91. The third-order valence-corrected chi connectivity index (χ3v) is 3.68. The lowest BCUT2D eigenvalue weighted by molar-refractivity contribution is 0.446. The number of rotatable bonds is 1. The van der Waals surface area contributed by atoms with Crippen LogP contribution >= 0.6 is 11.6 Å². The van der Waals surface area contributed by atoms with Gasteiger partial charge in [-0.3, -0.25) is 0 Å². The maximum atomic E-state index is 5.91. The Hall–Kier alpha value is -1.16. The molecule has 0 N–H and O–H groups in total. The van der Waals surface area contributed by atoms with Gasteiger partial charge in [0.2, 0.25) is 0 Å². The second-order valence-electron chi connectivity index (χ2n) is 4.72. The Kier molecular flexibility index (Phi) is 2.14. The Morgan fingerprint density at radius 1 is 1.25 bits per heavy atom. The molecule has 0 saturated heterocycles. The first-order valence-electron chi connectivity index (χ1n) is 5.57. The van der Waals surface area contributed by atoms with Gasteiger partial charge < -0.3 is 0 Å². The fraction of sp³-hybridized carbons (Fsp3) is 0.545. The maximum absolute atomic E-state index is 5.91. The Morgan fingerprint density at radius 3 is 2.75 bits per heavy atom. The fourth-order valence-electron chi connectivity index (χ4n) is 2.52. The predicted molar refractivity (Wildman–Crippen MR) is 61.6 cm³/mol. The maximum Gasteiger partial charge on any atom is 0.178 e. The molecular formula is C11H13ClN4. The minimum atomic E-state index is 0.108. The van der Waals surface area contributed by atoms with E-state index in [4.69, 9.17) is 11.6 Å². The molecule has 1 aliphatic carbocycles. The highest BCUT2D eigenvalue weighted by Gasteiger charge is 2.35. The van der Waals surface area contributed by atoms with Gasteiger partial charge in [-0.25, -0.2) is 0 Å². The van der Waals surface area contributed by atoms with Crippen LogP contribution in [0.5, 0.6) is 0 Å². The van der Waals surface area contributed by atoms with Crippen molar-refractivity contribution in [2.24, 2.45) is 0 Å². The molecule has 1 aliphatic rings. The van der Waals surface area contributed by atoms with Crippen molar-refractivity contribution in [3.8, 4) is 0 Å². The molecule has 4 nitrogen and oxygen atoms in total. The summed E-state index contributed by atoms with van der Waals surface area (Å²) in [5.41, 5.74) is 0.879. The molecule has 84 valence electrons. The fourth-order valence-corrected chi connectivity index (χ4v) is 2.66. The molecule has 0 radical (unpaired) electrons. The summed E-state index contributed by atoms with van der Waals surface area (Å²) < 4.78 is 1.79. The Balaban J connectivity index is 2.19. The van der Waals surface area contributed by atoms with Crippen LogP contribution < -0.4 is 0 Å². The molecule has 0 amide bonds. The van der Waals surface area contributed by atoms with Gasteiger partial charge in [-0.2, -0.15) is 9.61 Å². The molecule has 1 fully saturated rings. The van der Waals surface area contributed by atoms with Gasteiger partial charge in [0.25, 0.3) is 0 Å². The summed E-state index contributed by atoms with van der Waals surface area (Å²) in [6.45, 7) is 2.24. The molecule has 2 heterocycles. The zero-order valence-electron chi connectivity index (χ0n) is 9.15. The molecule has 2 aromatic heterocycles. The molecule has 1 saturated carbocycles. The Labute approximate surface area is 98.6 Å². The molecule has 3 rings (SSSR count). The highest BCUT2D eigenvalue weighted by molar-refractivity contribution is 6.29. The van der Waals surface area contributed by atoms with Crippen LogP contribution in [0.2, 0.25) is 5.15 Å². The summed E-state index contributed by atoms with van der Waals surface area (Å²) in [6, 6.07) is 3.59. The number of fused-ring (bicyclic) bond motifs is 1. The first-order chi connectivity index (χ1) is 7.69. The van der Waals surface area contributed by atoms with Crippen LogP contribution in [-0.4, -0.2) is 19.8 Å². The number of hydrogen-bond acceptors (Lipinski definition) is 3. The van der Waals surface area contributed by atoms with E-state index in [2.05, 4.69) is 22.2 Å². The van der Waals surface area contributed by atoms with E-state index in [1.165, 1.54) is 12.8 Å². The van der Waals surface area contributed by atoms with Gasteiger partial charge in [-0.05, 0) is 25.0 Å². The number of halogens is 1. The summed E-state index contributed by atoms with van der Waals surface area (Å²) in [5, 5.41) is 13.2. The standard InChI is InChI=1S/C11H13ClN4/c1-11(6-2-3-7-11)10-14-13-9-5-4-8(12)15-16(9)10/h4-5H,2-3,6-7H2,1H3. The van der Waals surface area contributed by atoms with Crippen molar-refractivity contribution in [3.05, 3.63) is 23.1 Å². The van der Waals surface area contributed by atoms with Gasteiger partial charge in [0.05, 0.1) is 0 Å². The first-order valence-corrected chi connectivity index (χ1v) is 5.95. The van der Waals surface area contributed by atoms with Crippen LogP contribution in [0.15, 0.2) is 12.1 Å². The van der Waals surface area contributed by atoms with Crippen LogP contribution in [-0.2, 0) is 5.41 Å². The van der Waals surface area contributed by atoms with Crippen molar-refractivity contribution in [2.75, 3.05) is 0 Å². The third-order valence-electron chi connectivity index (χ3n) is 3.48. The second kappa shape index (κ2) is 3.42. The number of nitrogens with zero attached hydrogens (tertiary/aromatic N) is 4. The van der Waals surface area contributed by atoms with Gasteiger partial charge >= 0.3 is 0 Å². The quantitative estimate of drug-likeness (QED) is 0.765. The molecule has 2 aromatic rings. The number of aromatic nitrogens is 4. The van der Waals surface area contributed by atoms with Crippen LogP contribution in [0, 0.1) is 0 Å². The summed E-state index contributed by atoms with van der Waals surface area (Å²) in [7, 11) is 0. The van der Waals surface area contributed by atoms with E-state index in [1.54, 1.807) is 10.6 Å². The van der Waals surface area contributed by atoms with Crippen molar-refractivity contribution >= 4 is 17.2 Å². The van der Waals surface area contributed by atoms with Gasteiger partial charge in [-0.15, -0.1) is 10.2 Å². The second-order valence-corrected chi connectivity index (χ2v) is 5.10. The van der Waals surface area contributed by atoms with E-state index in [0.717, 1.165) is 24.3 Å². The van der Waals surface area contributed by atoms with E-state index < -0.39 is 0 Å². The van der Waals surface area contributed by atoms with Crippen molar-refractivity contribution in [2.45, 2.75) is 38.0 Å². The van der Waals surface area contributed by atoms with Crippen molar-refractivity contribution in [1.29, 1.82) is 0 Å². The first kappa shape index (κ1) is 10.0. The lowest BCUT2D eigenvalue weighted by atomic mass is 9.88. The van der Waals surface area contributed by atoms with E-state index >= 15 is 0 Å². The van der Waals surface area contributed by atoms with Crippen LogP contribution in [0.1, 0.15) is 38.4 Å². The van der Waals surface area contributed by atoms with E-state index in [0.29, 0.717) is 5.15 Å². The van der Waals surface area contributed by atoms with Crippen molar-refractivity contribution in [1.82, 2.24) is 19.8 Å². The topological polar surface area (TPSA) is 43.1 Å². The Bertz CT molecular complexity index is 528. The SMILES string of the molecule is CC1(c2nnc3ccc(Cl)nn23)CCCC1. The van der Waals surface area contributed by atoms with Crippen molar-refractivity contribution in [3.63, 3.8) is 0 Å². The van der Waals surface area contributed by atoms with Gasteiger partial charge in [-0.1, -0.05) is 31.4 Å². The lowest BCUT2D eigenvalue weighted by Gasteiger charge is -2.20. The van der Waals surface area contributed by atoms with Gasteiger partial charge in [0, 0.05) is 5.41 Å². The average Bonchev–Trinajstić information content (AvgIpc) is 2.84. The molecule has 0 aromatic carbocycles. The highest BCUT2D eigenvalue weighted by Crippen LogP contribution is 2.39. The van der Waals surface area contributed by atoms with Crippen LogP contribution in [0.4, 0.5) is 0 Å². The molecule has 0 unspecified atom stereocenters. The van der Waals surface area contributed by atoms with Crippen molar-refractivity contribution < 1.29 is 0 Å². The minimum Gasteiger partial charge on any atom is -0.195 e. The smallest absolute Gasteiger partial charge is 0.178 e. The molecule has 0 atom stereocenters. The highest BCUT2D eigenvalue weighted by atomic mass is 35.5. The largest absolute Gasteiger partial charge is 0.195 e. The van der Waals surface area contributed by atoms with E-state index in [1.807, 2.05) is 6.07 Å². The predicted octanol–water partition coefficient (Wildman–Crippen LogP) is 2.61. The summed E-state index contributed by atoms with van der Waals surface area (Å²) >= 11 is 5.91. The van der Waals surface area contributed by atoms with E-state index in [9.17, 15) is 0 Å². The molecular weight excluding hydrogens is 224 g/mol. The molecule has 0 aliphatic heterocycles. The van der Waals surface area contributed by atoms with Crippen LogP contribution in [0.25, 0.3) is 5.65 Å². The molecule has 16 heavy (non-hydrogen) atoms. The Morgan fingerprint density at radius 2 is 2.00 bits per heavy atom. The molecule has 0 bridgehead atoms. The summed E-state index contributed by atoms with van der Waals surface area (Å²) in [6.07, 6.45) is 4.82. The third kappa shape index (κ3) is 1.40. The minimum absolute atomic E-state index is 0.108.